The normalized spacial score (nSPS) is 15.5. The van der Waals surface area contributed by atoms with Gasteiger partial charge in [0.15, 0.2) is 5.82 Å². The van der Waals surface area contributed by atoms with E-state index in [0.717, 1.165) is 16.7 Å². The fourth-order valence-corrected chi connectivity index (χ4v) is 3.65. The lowest BCUT2D eigenvalue weighted by Gasteiger charge is -2.19. The molecule has 0 aromatic carbocycles. The quantitative estimate of drug-likeness (QED) is 0.494. The van der Waals surface area contributed by atoms with Gasteiger partial charge in [0.05, 0.1) is 31.6 Å². The third kappa shape index (κ3) is 4.04. The molecule has 33 heavy (non-hydrogen) atoms. The molecule has 170 valence electrons. The number of methoxy groups -OCH3 is 1. The average Bonchev–Trinajstić information content (AvgIpc) is 3.36. The van der Waals surface area contributed by atoms with Crippen LogP contribution in [0, 0.1) is 0 Å². The highest BCUT2D eigenvalue weighted by molar-refractivity contribution is 5.75. The number of hydrogen-bond donors (Lipinski definition) is 1. The summed E-state index contributed by atoms with van der Waals surface area (Å²) in [6, 6.07) is 3.62. The van der Waals surface area contributed by atoms with E-state index in [1.807, 2.05) is 33.3 Å². The Labute approximate surface area is 190 Å². The lowest BCUT2D eigenvalue weighted by atomic mass is 10.1. The summed E-state index contributed by atoms with van der Waals surface area (Å²) in [5.41, 5.74) is 2.30. The van der Waals surface area contributed by atoms with Crippen LogP contribution in [0.25, 0.3) is 22.5 Å². The van der Waals surface area contributed by atoms with Gasteiger partial charge in [-0.2, -0.15) is 5.10 Å². The van der Waals surface area contributed by atoms with E-state index in [1.54, 1.807) is 41.1 Å². The lowest BCUT2D eigenvalue weighted by Crippen LogP contribution is -2.17. The summed E-state index contributed by atoms with van der Waals surface area (Å²) in [6.45, 7) is 2.44. The molecule has 0 saturated heterocycles. The van der Waals surface area contributed by atoms with Crippen LogP contribution < -0.4 is 19.5 Å². The Hall–Kier alpha value is -4.15. The van der Waals surface area contributed by atoms with Gasteiger partial charge in [0.25, 0.3) is 0 Å². The molecule has 0 spiro atoms. The van der Waals surface area contributed by atoms with E-state index in [1.165, 1.54) is 0 Å². The molecule has 5 heterocycles. The molecule has 11 heteroatoms. The van der Waals surface area contributed by atoms with E-state index in [-0.39, 0.29) is 6.10 Å². The molecule has 4 aromatic heterocycles. The minimum absolute atomic E-state index is 0.129. The maximum atomic E-state index is 6.34. The monoisotopic (exact) mass is 448 g/mol. The van der Waals surface area contributed by atoms with Crippen molar-refractivity contribution in [1.29, 1.82) is 0 Å². The summed E-state index contributed by atoms with van der Waals surface area (Å²) in [5, 5.41) is 11.9. The van der Waals surface area contributed by atoms with Crippen LogP contribution in [0.5, 0.6) is 17.5 Å². The second kappa shape index (κ2) is 8.41. The zero-order chi connectivity index (χ0) is 22.9. The highest BCUT2D eigenvalue weighted by atomic mass is 16.5. The number of anilines is 2. The van der Waals surface area contributed by atoms with Gasteiger partial charge < -0.3 is 19.5 Å². The molecule has 0 aliphatic carbocycles. The Morgan fingerprint density at radius 2 is 2.00 bits per heavy atom. The lowest BCUT2D eigenvalue weighted by molar-refractivity contribution is 0.173. The first kappa shape index (κ1) is 20.7. The van der Waals surface area contributed by atoms with Crippen LogP contribution in [0.4, 0.5) is 11.6 Å². The summed E-state index contributed by atoms with van der Waals surface area (Å²) in [5.74, 6) is 3.45. The smallest absolute Gasteiger partial charge is 0.240 e. The molecule has 5 rings (SSSR count). The standard InChI is InChI=1S/C22H24N8O3/c1-13-6-8-32-22-15(11-25-30(22)3)20-23-7-5-18(27-20)26-19-9-17(33-13)14(10-24-19)16-12-29(2)28-21(16)31-4/h5,7,9-13H,6,8H2,1-4H3,(H,23,24,26,27)/t13-/m0/s1. The topological polar surface area (TPSA) is 114 Å². The second-order valence-electron chi connectivity index (χ2n) is 7.73. The zero-order valence-electron chi connectivity index (χ0n) is 18.8. The summed E-state index contributed by atoms with van der Waals surface area (Å²) in [4.78, 5) is 13.6. The Balaban J connectivity index is 1.59. The third-order valence-corrected chi connectivity index (χ3v) is 5.27. The van der Waals surface area contributed by atoms with E-state index in [0.29, 0.717) is 48.0 Å². The summed E-state index contributed by atoms with van der Waals surface area (Å²) in [6.07, 6.45) is 7.53. The van der Waals surface area contributed by atoms with Gasteiger partial charge in [-0.15, -0.1) is 5.10 Å². The summed E-state index contributed by atoms with van der Waals surface area (Å²) in [7, 11) is 5.26. The number of nitrogens with zero attached hydrogens (tertiary/aromatic N) is 7. The molecule has 1 aliphatic heterocycles. The average molecular weight is 448 g/mol. The van der Waals surface area contributed by atoms with Crippen LogP contribution in [0.1, 0.15) is 13.3 Å². The molecule has 0 fully saturated rings. The minimum atomic E-state index is -0.129. The number of fused-ring (bicyclic) bond motifs is 6. The summed E-state index contributed by atoms with van der Waals surface area (Å²) >= 11 is 0. The summed E-state index contributed by atoms with van der Waals surface area (Å²) < 4.78 is 21.2. The van der Waals surface area contributed by atoms with E-state index in [4.69, 9.17) is 14.2 Å². The Morgan fingerprint density at radius 1 is 1.12 bits per heavy atom. The molecule has 0 saturated carbocycles. The molecule has 0 amide bonds. The van der Waals surface area contributed by atoms with Gasteiger partial charge in [0.2, 0.25) is 11.8 Å². The predicted octanol–water partition coefficient (Wildman–Crippen LogP) is 2.97. The maximum Gasteiger partial charge on any atom is 0.240 e. The Bertz CT molecular complexity index is 1300. The molecule has 1 N–H and O–H groups in total. The van der Waals surface area contributed by atoms with E-state index in [9.17, 15) is 0 Å². The van der Waals surface area contributed by atoms with Crippen molar-refractivity contribution in [2.45, 2.75) is 19.4 Å². The van der Waals surface area contributed by atoms with Crippen molar-refractivity contribution in [3.8, 4) is 40.0 Å². The Morgan fingerprint density at radius 3 is 2.85 bits per heavy atom. The molecular weight excluding hydrogens is 424 g/mol. The number of aryl methyl sites for hydroxylation is 2. The van der Waals surface area contributed by atoms with Crippen molar-refractivity contribution < 1.29 is 14.2 Å². The van der Waals surface area contributed by atoms with Gasteiger partial charge in [-0.3, -0.25) is 4.68 Å². The second-order valence-corrected chi connectivity index (χ2v) is 7.73. The van der Waals surface area contributed by atoms with Gasteiger partial charge in [0.1, 0.15) is 22.9 Å². The molecule has 11 nitrogen and oxygen atoms in total. The van der Waals surface area contributed by atoms with Crippen molar-refractivity contribution in [3.63, 3.8) is 0 Å². The van der Waals surface area contributed by atoms with Crippen LogP contribution >= 0.6 is 0 Å². The van der Waals surface area contributed by atoms with E-state index in [2.05, 4.69) is 30.5 Å². The van der Waals surface area contributed by atoms with Crippen molar-refractivity contribution >= 4 is 11.6 Å². The molecule has 4 aromatic rings. The largest absolute Gasteiger partial charge is 0.490 e. The van der Waals surface area contributed by atoms with Crippen LogP contribution in [-0.4, -0.2) is 54.3 Å². The first-order valence-corrected chi connectivity index (χ1v) is 10.5. The third-order valence-electron chi connectivity index (χ3n) is 5.27. The first-order chi connectivity index (χ1) is 16.0. The van der Waals surface area contributed by atoms with Crippen LogP contribution in [0.2, 0.25) is 0 Å². The molecule has 0 radical (unpaired) electrons. The minimum Gasteiger partial charge on any atom is -0.490 e. The van der Waals surface area contributed by atoms with Gasteiger partial charge in [0, 0.05) is 50.7 Å². The fourth-order valence-electron chi connectivity index (χ4n) is 3.65. The number of aromatic nitrogens is 7. The van der Waals surface area contributed by atoms with Crippen LogP contribution in [0.15, 0.2) is 36.9 Å². The molecule has 4 bridgehead atoms. The van der Waals surface area contributed by atoms with Crippen LogP contribution in [0.3, 0.4) is 0 Å². The van der Waals surface area contributed by atoms with Gasteiger partial charge in [-0.1, -0.05) is 0 Å². The number of ether oxygens (including phenoxy) is 3. The number of pyridine rings is 1. The van der Waals surface area contributed by atoms with Crippen molar-refractivity contribution in [3.05, 3.63) is 36.9 Å². The number of rotatable bonds is 2. The van der Waals surface area contributed by atoms with Crippen LogP contribution in [-0.2, 0) is 14.1 Å². The maximum absolute atomic E-state index is 6.34. The van der Waals surface area contributed by atoms with Crippen molar-refractivity contribution in [1.82, 2.24) is 34.5 Å². The van der Waals surface area contributed by atoms with Gasteiger partial charge in [-0.25, -0.2) is 19.6 Å². The van der Waals surface area contributed by atoms with E-state index < -0.39 is 0 Å². The first-order valence-electron chi connectivity index (χ1n) is 10.5. The zero-order valence-corrected chi connectivity index (χ0v) is 18.8. The fraction of sp³-hybridized carbons (Fsp3) is 0.318. The number of nitrogens with one attached hydrogen (secondary N) is 1. The van der Waals surface area contributed by atoms with Crippen molar-refractivity contribution in [2.75, 3.05) is 19.0 Å². The van der Waals surface area contributed by atoms with Gasteiger partial charge in [-0.05, 0) is 13.0 Å². The van der Waals surface area contributed by atoms with Crippen molar-refractivity contribution in [2.24, 2.45) is 14.1 Å². The molecule has 1 atom stereocenters. The van der Waals surface area contributed by atoms with E-state index >= 15 is 0 Å². The highest BCUT2D eigenvalue weighted by Gasteiger charge is 2.20. The molecular formula is C22H24N8O3. The van der Waals surface area contributed by atoms with Gasteiger partial charge >= 0.3 is 0 Å². The molecule has 0 unspecified atom stereocenters. The highest BCUT2D eigenvalue weighted by Crippen LogP contribution is 2.37. The predicted molar refractivity (Wildman–Crippen MR) is 121 cm³/mol. The molecule has 1 aliphatic rings. The Kier molecular flexibility index (Phi) is 5.29. The SMILES string of the molecule is COc1nn(C)cc1-c1cnc2cc1O[C@@H](C)CCOc1c(cnn1C)-c1nccc(n1)N2. The number of hydrogen-bond acceptors (Lipinski definition) is 9.